The highest BCUT2D eigenvalue weighted by Gasteiger charge is 2.37. The Kier molecular flexibility index (Phi) is 10.5. The highest BCUT2D eigenvalue weighted by atomic mass is 16.6. The lowest BCUT2D eigenvalue weighted by atomic mass is 9.97. The van der Waals surface area contributed by atoms with Gasteiger partial charge >= 0.3 is 12.1 Å². The maximum absolute atomic E-state index is 13.3. The van der Waals surface area contributed by atoms with Crippen molar-refractivity contribution in [1.29, 1.82) is 5.26 Å². The number of benzene rings is 1. The fraction of sp³-hybridized carbons (Fsp3) is 0.435. The van der Waals surface area contributed by atoms with Gasteiger partial charge in [-0.25, -0.2) is 4.79 Å². The number of methoxy groups -OCH3 is 1. The van der Waals surface area contributed by atoms with Crippen molar-refractivity contribution in [3.05, 3.63) is 35.4 Å². The van der Waals surface area contributed by atoms with Gasteiger partial charge in [-0.05, 0) is 32.4 Å². The fourth-order valence-electron chi connectivity index (χ4n) is 2.85. The van der Waals surface area contributed by atoms with Crippen molar-refractivity contribution >= 4 is 23.9 Å². The van der Waals surface area contributed by atoms with E-state index in [1.54, 1.807) is 39.0 Å². The number of aliphatic hydroxyl groups excluding tert-OH is 1. The highest BCUT2D eigenvalue weighted by molar-refractivity contribution is 5.93. The zero-order valence-electron chi connectivity index (χ0n) is 19.5. The summed E-state index contributed by atoms with van der Waals surface area (Å²) in [5.74, 6) is -0.101. The molecular weight excluding hydrogens is 444 g/mol. The molecule has 11 heteroatoms. The van der Waals surface area contributed by atoms with E-state index < -0.39 is 61.3 Å². The first-order valence-electron chi connectivity index (χ1n) is 10.2. The zero-order chi connectivity index (χ0) is 25.9. The van der Waals surface area contributed by atoms with Gasteiger partial charge in [-0.2, -0.15) is 5.26 Å². The van der Waals surface area contributed by atoms with Crippen molar-refractivity contribution in [1.82, 2.24) is 15.5 Å². The first kappa shape index (κ1) is 27.9. The van der Waals surface area contributed by atoms with Crippen LogP contribution in [0.1, 0.15) is 37.9 Å². The molecule has 1 aromatic carbocycles. The maximum atomic E-state index is 13.3. The number of amides is 3. The average molecular weight is 472 g/mol. The second kappa shape index (κ2) is 12.8. The number of carbonyl (C=O) groups excluding carboxylic acids is 4. The molecule has 2 unspecified atom stereocenters. The van der Waals surface area contributed by atoms with Crippen molar-refractivity contribution in [2.45, 2.75) is 38.5 Å². The quantitative estimate of drug-likeness (QED) is 0.262. The van der Waals surface area contributed by atoms with Gasteiger partial charge in [0.1, 0.15) is 30.8 Å². The molecule has 0 aliphatic carbocycles. The summed E-state index contributed by atoms with van der Waals surface area (Å²) in [5, 5.41) is 23.7. The predicted molar refractivity (Wildman–Crippen MR) is 120 cm³/mol. The topological polar surface area (TPSA) is 158 Å². The third kappa shape index (κ3) is 8.11. The first-order chi connectivity index (χ1) is 16.0. The Morgan fingerprint density at radius 2 is 1.88 bits per heavy atom. The molecular formula is C23H28N4O7. The lowest BCUT2D eigenvalue weighted by Gasteiger charge is -2.32. The van der Waals surface area contributed by atoms with Crippen LogP contribution in [0.15, 0.2) is 24.3 Å². The number of hydrogen-bond donors (Lipinski definition) is 3. The summed E-state index contributed by atoms with van der Waals surface area (Å²) in [7, 11) is 1.14. The predicted octanol–water partition coefficient (Wildman–Crippen LogP) is 0.236. The number of carbonyl (C=O) groups is 4. The summed E-state index contributed by atoms with van der Waals surface area (Å²) in [6.07, 6.45) is 4.58. The lowest BCUT2D eigenvalue weighted by molar-refractivity contribution is -0.144. The average Bonchev–Trinajstić information content (AvgIpc) is 2.79. The number of nitrogens with zero attached hydrogens (tertiary/aromatic N) is 2. The molecule has 0 aliphatic heterocycles. The molecule has 3 amide bonds. The Labute approximate surface area is 198 Å². The Hall–Kier alpha value is -4.09. The molecule has 3 N–H and O–H groups in total. The van der Waals surface area contributed by atoms with Crippen molar-refractivity contribution < 1.29 is 33.8 Å². The SMILES string of the molecule is C#Cc1ccccc1C(C(=O)NCC(=O)OC)N(CC#N)C(=O)C(CO)NC(=O)OC(C)(C)C. The number of alkyl carbamates (subject to hydrolysis) is 1. The van der Waals surface area contributed by atoms with Gasteiger partial charge in [0, 0.05) is 5.56 Å². The van der Waals surface area contributed by atoms with Gasteiger partial charge in [0.2, 0.25) is 11.8 Å². The van der Waals surface area contributed by atoms with Crippen LogP contribution in [0.4, 0.5) is 4.79 Å². The van der Waals surface area contributed by atoms with Gasteiger partial charge in [-0.3, -0.25) is 14.4 Å². The molecule has 0 spiro atoms. The van der Waals surface area contributed by atoms with Crippen molar-refractivity contribution in [2.75, 3.05) is 26.8 Å². The van der Waals surface area contributed by atoms with Gasteiger partial charge in [0.05, 0.1) is 19.8 Å². The minimum atomic E-state index is -1.53. The van der Waals surface area contributed by atoms with Crippen LogP contribution >= 0.6 is 0 Å². The molecule has 0 aliphatic rings. The van der Waals surface area contributed by atoms with Gasteiger partial charge in [-0.15, -0.1) is 6.42 Å². The summed E-state index contributed by atoms with van der Waals surface area (Å²) in [5.41, 5.74) is -0.413. The minimum Gasteiger partial charge on any atom is -0.468 e. The highest BCUT2D eigenvalue weighted by Crippen LogP contribution is 2.25. The van der Waals surface area contributed by atoms with Crippen molar-refractivity contribution in [3.63, 3.8) is 0 Å². The van der Waals surface area contributed by atoms with Crippen LogP contribution in [-0.2, 0) is 23.9 Å². The Morgan fingerprint density at radius 1 is 1.24 bits per heavy atom. The van der Waals surface area contributed by atoms with Crippen LogP contribution in [0.25, 0.3) is 0 Å². The van der Waals surface area contributed by atoms with Crippen LogP contribution in [-0.4, -0.2) is 72.3 Å². The second-order valence-corrected chi connectivity index (χ2v) is 7.93. The number of rotatable bonds is 9. The fourth-order valence-corrected chi connectivity index (χ4v) is 2.85. The first-order valence-corrected chi connectivity index (χ1v) is 10.2. The smallest absolute Gasteiger partial charge is 0.408 e. The molecule has 0 saturated heterocycles. The molecule has 0 bridgehead atoms. The molecule has 0 saturated carbocycles. The van der Waals surface area contributed by atoms with E-state index in [2.05, 4.69) is 21.3 Å². The summed E-state index contributed by atoms with van der Waals surface area (Å²) in [6, 6.07) is 5.03. The maximum Gasteiger partial charge on any atom is 0.408 e. The van der Waals surface area contributed by atoms with Crippen molar-refractivity contribution in [3.8, 4) is 18.4 Å². The van der Waals surface area contributed by atoms with Gasteiger partial charge in [0.15, 0.2) is 0 Å². The van der Waals surface area contributed by atoms with E-state index in [4.69, 9.17) is 11.2 Å². The minimum absolute atomic E-state index is 0.199. The third-order valence-electron chi connectivity index (χ3n) is 4.30. The summed E-state index contributed by atoms with van der Waals surface area (Å²) < 4.78 is 9.62. The largest absolute Gasteiger partial charge is 0.468 e. The number of terminal acetylenes is 1. The number of hydrogen-bond acceptors (Lipinski definition) is 8. The van der Waals surface area contributed by atoms with E-state index in [0.717, 1.165) is 12.0 Å². The van der Waals surface area contributed by atoms with E-state index in [1.807, 2.05) is 0 Å². The number of esters is 1. The standard InChI is InChI=1S/C23H28N4O7/c1-6-15-9-7-8-10-16(15)19(20(30)25-13-18(29)33-5)27(12-11-24)21(31)17(14-28)26-22(32)34-23(2,3)4/h1,7-10,17,19,28H,12-14H2,2-5H3,(H,25,30)(H,26,32). The molecule has 0 aromatic heterocycles. The molecule has 1 rings (SSSR count). The monoisotopic (exact) mass is 472 g/mol. The zero-order valence-corrected chi connectivity index (χ0v) is 19.5. The normalized spacial score (nSPS) is 12.2. The molecule has 0 radical (unpaired) electrons. The van der Waals surface area contributed by atoms with Crippen LogP contribution in [0.3, 0.4) is 0 Å². The molecule has 1 aromatic rings. The van der Waals surface area contributed by atoms with Gasteiger partial charge < -0.3 is 30.1 Å². The van der Waals surface area contributed by atoms with Crippen LogP contribution in [0, 0.1) is 23.7 Å². The lowest BCUT2D eigenvalue weighted by Crippen LogP contribution is -2.54. The number of ether oxygens (including phenoxy) is 2. The van der Waals surface area contributed by atoms with E-state index in [-0.39, 0.29) is 11.1 Å². The second-order valence-electron chi connectivity index (χ2n) is 7.93. The third-order valence-corrected chi connectivity index (χ3v) is 4.30. The van der Waals surface area contributed by atoms with Crippen LogP contribution in [0.5, 0.6) is 0 Å². The number of aliphatic hydroxyl groups is 1. The number of nitrogens with one attached hydrogen (secondary N) is 2. The molecule has 0 fully saturated rings. The van der Waals surface area contributed by atoms with Gasteiger partial charge in [0.25, 0.3) is 0 Å². The molecule has 34 heavy (non-hydrogen) atoms. The number of nitriles is 1. The van der Waals surface area contributed by atoms with Crippen LogP contribution in [0.2, 0.25) is 0 Å². The summed E-state index contributed by atoms with van der Waals surface area (Å²) >= 11 is 0. The summed E-state index contributed by atoms with van der Waals surface area (Å²) in [6.45, 7) is 2.90. The molecule has 2 atom stereocenters. The molecule has 11 nitrogen and oxygen atoms in total. The van der Waals surface area contributed by atoms with E-state index in [1.165, 1.54) is 12.1 Å². The van der Waals surface area contributed by atoms with Crippen LogP contribution < -0.4 is 10.6 Å². The Morgan fingerprint density at radius 3 is 2.41 bits per heavy atom. The summed E-state index contributed by atoms with van der Waals surface area (Å²) in [4.78, 5) is 50.9. The van der Waals surface area contributed by atoms with Gasteiger partial charge in [-0.1, -0.05) is 24.1 Å². The van der Waals surface area contributed by atoms with E-state index in [9.17, 15) is 29.5 Å². The van der Waals surface area contributed by atoms with E-state index >= 15 is 0 Å². The van der Waals surface area contributed by atoms with Crippen molar-refractivity contribution in [2.24, 2.45) is 0 Å². The molecule has 0 heterocycles. The van der Waals surface area contributed by atoms with E-state index in [0.29, 0.717) is 0 Å². The molecule has 182 valence electrons. The Bertz CT molecular complexity index is 988. The Balaban J connectivity index is 3.42.